The quantitative estimate of drug-likeness (QED) is 0.306. The van der Waals surface area contributed by atoms with Crippen molar-refractivity contribution in [2.45, 2.75) is 13.0 Å². The fourth-order valence-corrected chi connectivity index (χ4v) is 5.75. The Morgan fingerprint density at radius 2 is 1.75 bits per heavy atom. The van der Waals surface area contributed by atoms with Crippen LogP contribution in [0.25, 0.3) is 11.8 Å². The van der Waals surface area contributed by atoms with E-state index in [0.29, 0.717) is 37.8 Å². The smallest absolute Gasteiger partial charge is 0.338 e. The number of thiazole rings is 1. The highest BCUT2D eigenvalue weighted by Gasteiger charge is 2.37. The van der Waals surface area contributed by atoms with Crippen LogP contribution in [0.2, 0.25) is 0 Å². The van der Waals surface area contributed by atoms with E-state index in [1.807, 2.05) is 60.7 Å². The van der Waals surface area contributed by atoms with Gasteiger partial charge in [0.05, 0.1) is 43.7 Å². The third-order valence-corrected chi connectivity index (χ3v) is 7.48. The Bertz CT molecular complexity index is 1770. The molecule has 1 aliphatic heterocycles. The number of esters is 1. The molecule has 40 heavy (non-hydrogen) atoms. The van der Waals surface area contributed by atoms with Crippen LogP contribution >= 0.6 is 11.3 Å². The van der Waals surface area contributed by atoms with E-state index in [4.69, 9.17) is 23.9 Å². The lowest BCUT2D eigenvalue weighted by atomic mass is 9.92. The number of rotatable bonds is 8. The molecule has 2 heterocycles. The van der Waals surface area contributed by atoms with Gasteiger partial charge in [-0.05, 0) is 36.8 Å². The molecule has 0 spiro atoms. The summed E-state index contributed by atoms with van der Waals surface area (Å²) in [5.74, 6) is 0.993. The van der Waals surface area contributed by atoms with Crippen molar-refractivity contribution in [3.05, 3.63) is 115 Å². The largest absolute Gasteiger partial charge is 0.497 e. The van der Waals surface area contributed by atoms with E-state index in [2.05, 4.69) is 0 Å². The van der Waals surface area contributed by atoms with Crippen LogP contribution in [0.1, 0.15) is 29.7 Å². The molecule has 0 aliphatic carbocycles. The molecule has 0 saturated carbocycles. The topological polar surface area (TPSA) is 88.4 Å². The van der Waals surface area contributed by atoms with Crippen molar-refractivity contribution >= 4 is 29.1 Å². The van der Waals surface area contributed by atoms with Crippen molar-refractivity contribution in [3.8, 4) is 17.2 Å². The van der Waals surface area contributed by atoms with Crippen LogP contribution in [-0.4, -0.2) is 38.5 Å². The maximum atomic E-state index is 14.1. The third kappa shape index (κ3) is 4.91. The second kappa shape index (κ2) is 11.6. The van der Waals surface area contributed by atoms with Gasteiger partial charge in [-0.3, -0.25) is 9.36 Å². The number of carbonyl (C=O) groups is 1. The van der Waals surface area contributed by atoms with Crippen molar-refractivity contribution < 1.29 is 23.7 Å². The Morgan fingerprint density at radius 3 is 2.45 bits per heavy atom. The van der Waals surface area contributed by atoms with Crippen LogP contribution in [0.5, 0.6) is 17.2 Å². The highest BCUT2D eigenvalue weighted by molar-refractivity contribution is 7.07. The monoisotopic (exact) mass is 556 g/mol. The summed E-state index contributed by atoms with van der Waals surface area (Å²) in [4.78, 5) is 33.1. The van der Waals surface area contributed by atoms with Gasteiger partial charge in [0.1, 0.15) is 11.8 Å². The SMILES string of the molecule is CCOC(=O)C1=C(c2ccccc2)N=c2sc(=Cc3cccc(OC)c3)c(=O)n2C1c1cccc(OC)c1OC. The van der Waals surface area contributed by atoms with Gasteiger partial charge in [-0.25, -0.2) is 9.79 Å². The van der Waals surface area contributed by atoms with Crippen molar-refractivity contribution in [3.63, 3.8) is 0 Å². The average molecular weight is 557 g/mol. The number of methoxy groups -OCH3 is 3. The van der Waals surface area contributed by atoms with Crippen LogP contribution in [0, 0.1) is 0 Å². The molecule has 1 unspecified atom stereocenters. The molecule has 4 aromatic rings. The van der Waals surface area contributed by atoms with Crippen LogP contribution in [0.3, 0.4) is 0 Å². The lowest BCUT2D eigenvalue weighted by Gasteiger charge is -2.27. The fraction of sp³-hybridized carbons (Fsp3) is 0.194. The standard InChI is InChI=1S/C31H28N2O6S/c1-5-39-30(35)25-26(20-12-7-6-8-13-20)32-31-33(27(25)22-15-10-16-23(37-3)28(22)38-4)29(34)24(40-31)18-19-11-9-14-21(17-19)36-2/h6-18,27H,5H2,1-4H3. The lowest BCUT2D eigenvalue weighted by Crippen LogP contribution is -2.40. The Balaban J connectivity index is 1.87. The first-order valence-corrected chi connectivity index (χ1v) is 13.5. The molecule has 1 aliphatic rings. The predicted molar refractivity (Wildman–Crippen MR) is 154 cm³/mol. The first-order chi connectivity index (χ1) is 19.5. The molecule has 1 aromatic heterocycles. The second-order valence-electron chi connectivity index (χ2n) is 8.79. The summed E-state index contributed by atoms with van der Waals surface area (Å²) < 4.78 is 24.2. The summed E-state index contributed by atoms with van der Waals surface area (Å²) in [7, 11) is 4.66. The van der Waals surface area contributed by atoms with Gasteiger partial charge < -0.3 is 18.9 Å². The van der Waals surface area contributed by atoms with Gasteiger partial charge in [0.2, 0.25) is 0 Å². The van der Waals surface area contributed by atoms with Crippen molar-refractivity contribution in [1.82, 2.24) is 4.57 Å². The molecule has 0 saturated heterocycles. The summed E-state index contributed by atoms with van der Waals surface area (Å²) in [6, 6.07) is 21.3. The average Bonchev–Trinajstić information content (AvgIpc) is 3.30. The number of hydrogen-bond donors (Lipinski definition) is 0. The van der Waals surface area contributed by atoms with E-state index in [0.717, 1.165) is 11.1 Å². The molecule has 3 aromatic carbocycles. The number of para-hydroxylation sites is 1. The minimum atomic E-state index is -0.886. The van der Waals surface area contributed by atoms with Crippen molar-refractivity contribution in [1.29, 1.82) is 0 Å². The van der Waals surface area contributed by atoms with Crippen LogP contribution in [0.15, 0.2) is 88.2 Å². The molecule has 8 nitrogen and oxygen atoms in total. The third-order valence-electron chi connectivity index (χ3n) is 6.49. The molecular formula is C31H28N2O6S. The van der Waals surface area contributed by atoms with E-state index < -0.39 is 12.0 Å². The molecule has 204 valence electrons. The second-order valence-corrected chi connectivity index (χ2v) is 9.80. The molecule has 1 atom stereocenters. The number of aromatic nitrogens is 1. The van der Waals surface area contributed by atoms with Gasteiger partial charge in [0, 0.05) is 11.1 Å². The molecule has 5 rings (SSSR count). The van der Waals surface area contributed by atoms with Gasteiger partial charge in [-0.1, -0.05) is 65.9 Å². The molecule has 0 amide bonds. The number of fused-ring (bicyclic) bond motifs is 1. The molecule has 0 fully saturated rings. The minimum absolute atomic E-state index is 0.159. The molecular weight excluding hydrogens is 528 g/mol. The number of hydrogen-bond acceptors (Lipinski definition) is 8. The molecule has 0 N–H and O–H groups in total. The zero-order valence-corrected chi connectivity index (χ0v) is 23.4. The summed E-state index contributed by atoms with van der Waals surface area (Å²) in [5.41, 5.74) is 2.47. The first kappa shape index (κ1) is 27.0. The first-order valence-electron chi connectivity index (χ1n) is 12.6. The van der Waals surface area contributed by atoms with E-state index in [-0.39, 0.29) is 17.7 Å². The summed E-state index contributed by atoms with van der Waals surface area (Å²) in [6.45, 7) is 1.90. The highest BCUT2D eigenvalue weighted by atomic mass is 32.1. The molecule has 0 bridgehead atoms. The predicted octanol–water partition coefficient (Wildman–Crippen LogP) is 3.96. The maximum absolute atomic E-state index is 14.1. The maximum Gasteiger partial charge on any atom is 0.338 e. The van der Waals surface area contributed by atoms with Crippen LogP contribution in [0.4, 0.5) is 0 Å². The summed E-state index contributed by atoms with van der Waals surface area (Å²) in [6.07, 6.45) is 1.79. The summed E-state index contributed by atoms with van der Waals surface area (Å²) >= 11 is 1.25. The number of ether oxygens (including phenoxy) is 4. The summed E-state index contributed by atoms with van der Waals surface area (Å²) in [5, 5.41) is 0. The Kier molecular flexibility index (Phi) is 7.84. The van der Waals surface area contributed by atoms with E-state index in [1.165, 1.54) is 23.0 Å². The van der Waals surface area contributed by atoms with Gasteiger partial charge in [0.15, 0.2) is 16.3 Å². The van der Waals surface area contributed by atoms with Gasteiger partial charge >= 0.3 is 5.97 Å². The fourth-order valence-electron chi connectivity index (χ4n) is 4.74. The zero-order chi connectivity index (χ0) is 28.2. The van der Waals surface area contributed by atoms with E-state index in [1.54, 1.807) is 39.4 Å². The number of benzene rings is 3. The van der Waals surface area contributed by atoms with Gasteiger partial charge in [-0.15, -0.1) is 0 Å². The number of nitrogens with zero attached hydrogens (tertiary/aromatic N) is 2. The van der Waals surface area contributed by atoms with Gasteiger partial charge in [-0.2, -0.15) is 0 Å². The lowest BCUT2D eigenvalue weighted by molar-refractivity contribution is -0.138. The van der Waals surface area contributed by atoms with Crippen molar-refractivity contribution in [2.24, 2.45) is 4.99 Å². The Labute approximate surface area is 235 Å². The molecule has 0 radical (unpaired) electrons. The zero-order valence-electron chi connectivity index (χ0n) is 22.5. The van der Waals surface area contributed by atoms with E-state index in [9.17, 15) is 9.59 Å². The van der Waals surface area contributed by atoms with Crippen molar-refractivity contribution in [2.75, 3.05) is 27.9 Å². The Morgan fingerprint density at radius 1 is 0.975 bits per heavy atom. The van der Waals surface area contributed by atoms with Crippen LogP contribution in [-0.2, 0) is 9.53 Å². The minimum Gasteiger partial charge on any atom is -0.497 e. The Hall–Kier alpha value is -4.63. The van der Waals surface area contributed by atoms with E-state index >= 15 is 0 Å². The van der Waals surface area contributed by atoms with Crippen LogP contribution < -0.4 is 29.1 Å². The normalized spacial score (nSPS) is 14.8. The molecule has 9 heteroatoms. The van der Waals surface area contributed by atoms with Gasteiger partial charge in [0.25, 0.3) is 5.56 Å². The highest BCUT2D eigenvalue weighted by Crippen LogP contribution is 2.42. The number of carbonyl (C=O) groups excluding carboxylic acids is 1.